The van der Waals surface area contributed by atoms with Crippen molar-refractivity contribution in [2.75, 3.05) is 5.73 Å². The number of nitrogens with two attached hydrogens (primary N) is 1. The van der Waals surface area contributed by atoms with Crippen LogP contribution in [0.15, 0.2) is 50.4 Å². The van der Waals surface area contributed by atoms with E-state index in [0.717, 1.165) is 4.90 Å². The Labute approximate surface area is 124 Å². The number of furan rings is 1. The van der Waals surface area contributed by atoms with Crippen LogP contribution in [-0.2, 0) is 5.75 Å². The van der Waals surface area contributed by atoms with E-state index in [1.54, 1.807) is 30.5 Å². The molecule has 20 heavy (non-hydrogen) atoms. The maximum Gasteiger partial charge on any atom is 0.238 e. The van der Waals surface area contributed by atoms with Crippen molar-refractivity contribution in [1.29, 1.82) is 0 Å². The maximum absolute atomic E-state index is 6.09. The third kappa shape index (κ3) is 2.81. The van der Waals surface area contributed by atoms with Crippen LogP contribution in [0.5, 0.6) is 0 Å². The maximum atomic E-state index is 6.09. The van der Waals surface area contributed by atoms with Gasteiger partial charge in [0.2, 0.25) is 11.7 Å². The zero-order valence-electron chi connectivity index (χ0n) is 10.2. The minimum atomic E-state index is 0.435. The lowest BCUT2D eigenvalue weighted by molar-refractivity contribution is 0.390. The summed E-state index contributed by atoms with van der Waals surface area (Å²) in [5, 5.41) is 4.51. The summed E-state index contributed by atoms with van der Waals surface area (Å²) < 4.78 is 10.4. The summed E-state index contributed by atoms with van der Waals surface area (Å²) in [5.41, 5.74) is 6.39. The lowest BCUT2D eigenvalue weighted by Crippen LogP contribution is -1.86. The molecule has 2 aromatic heterocycles. The topological polar surface area (TPSA) is 78.1 Å². The average Bonchev–Trinajstić information content (AvgIpc) is 3.09. The molecule has 0 saturated carbocycles. The van der Waals surface area contributed by atoms with Crippen molar-refractivity contribution in [2.24, 2.45) is 0 Å². The summed E-state index contributed by atoms with van der Waals surface area (Å²) in [7, 11) is 0. The molecule has 0 atom stereocenters. The molecular weight excluding hydrogens is 298 g/mol. The molecule has 0 spiro atoms. The fourth-order valence-corrected chi connectivity index (χ4v) is 2.69. The number of aromatic nitrogens is 2. The first kappa shape index (κ1) is 13.1. The molecule has 0 saturated heterocycles. The SMILES string of the molecule is Nc1ccc(Cl)c(SCc2nc(-c3ccco3)no2)c1. The molecule has 0 aliphatic carbocycles. The van der Waals surface area contributed by atoms with E-state index in [0.29, 0.717) is 33.9 Å². The van der Waals surface area contributed by atoms with E-state index in [1.165, 1.54) is 11.8 Å². The molecule has 7 heteroatoms. The first-order valence-electron chi connectivity index (χ1n) is 5.76. The highest BCUT2D eigenvalue weighted by atomic mass is 35.5. The number of nitrogens with zero attached hydrogens (tertiary/aromatic N) is 2. The van der Waals surface area contributed by atoms with E-state index >= 15 is 0 Å². The molecule has 0 aliphatic rings. The highest BCUT2D eigenvalue weighted by molar-refractivity contribution is 7.98. The van der Waals surface area contributed by atoms with Crippen LogP contribution in [0.2, 0.25) is 5.02 Å². The van der Waals surface area contributed by atoms with Crippen LogP contribution in [-0.4, -0.2) is 10.1 Å². The molecule has 2 heterocycles. The van der Waals surface area contributed by atoms with Gasteiger partial charge in [0.1, 0.15) is 0 Å². The number of benzene rings is 1. The fraction of sp³-hybridized carbons (Fsp3) is 0.0769. The Bertz CT molecular complexity index is 712. The van der Waals surface area contributed by atoms with Crippen LogP contribution in [0.1, 0.15) is 5.89 Å². The number of hydrogen-bond donors (Lipinski definition) is 1. The van der Waals surface area contributed by atoms with Crippen molar-refractivity contribution in [3.63, 3.8) is 0 Å². The minimum absolute atomic E-state index is 0.435. The van der Waals surface area contributed by atoms with Gasteiger partial charge in [-0.3, -0.25) is 0 Å². The molecule has 102 valence electrons. The zero-order valence-corrected chi connectivity index (χ0v) is 11.8. The Morgan fingerprint density at radius 1 is 1.30 bits per heavy atom. The van der Waals surface area contributed by atoms with Gasteiger partial charge in [-0.1, -0.05) is 16.8 Å². The van der Waals surface area contributed by atoms with E-state index < -0.39 is 0 Å². The lowest BCUT2D eigenvalue weighted by Gasteiger charge is -2.02. The molecule has 0 unspecified atom stereocenters. The van der Waals surface area contributed by atoms with Crippen molar-refractivity contribution in [3.05, 3.63) is 47.5 Å². The first-order chi connectivity index (χ1) is 9.72. The third-order valence-electron chi connectivity index (χ3n) is 2.52. The molecule has 0 fully saturated rings. The van der Waals surface area contributed by atoms with Gasteiger partial charge in [0, 0.05) is 10.6 Å². The van der Waals surface area contributed by atoms with E-state index in [2.05, 4.69) is 10.1 Å². The largest absolute Gasteiger partial charge is 0.461 e. The van der Waals surface area contributed by atoms with E-state index in [-0.39, 0.29) is 0 Å². The zero-order chi connectivity index (χ0) is 13.9. The normalized spacial score (nSPS) is 10.8. The van der Waals surface area contributed by atoms with Crippen molar-refractivity contribution < 1.29 is 8.94 Å². The molecule has 0 bridgehead atoms. The summed E-state index contributed by atoms with van der Waals surface area (Å²) in [6.45, 7) is 0. The predicted molar refractivity (Wildman–Crippen MR) is 77.4 cm³/mol. The molecule has 0 radical (unpaired) electrons. The Balaban J connectivity index is 1.71. The molecule has 3 aromatic rings. The second-order valence-corrected chi connectivity index (χ2v) is 5.39. The van der Waals surface area contributed by atoms with Crippen LogP contribution >= 0.6 is 23.4 Å². The summed E-state index contributed by atoms with van der Waals surface area (Å²) >= 11 is 7.58. The van der Waals surface area contributed by atoms with Crippen molar-refractivity contribution in [3.8, 4) is 11.6 Å². The van der Waals surface area contributed by atoms with Crippen molar-refractivity contribution >= 4 is 29.1 Å². The summed E-state index contributed by atoms with van der Waals surface area (Å²) in [4.78, 5) is 5.13. The third-order valence-corrected chi connectivity index (χ3v) is 4.00. The van der Waals surface area contributed by atoms with Crippen LogP contribution in [0.4, 0.5) is 5.69 Å². The average molecular weight is 308 g/mol. The summed E-state index contributed by atoms with van der Waals surface area (Å²) in [5.74, 6) is 2.02. The van der Waals surface area contributed by atoms with Gasteiger partial charge in [0.05, 0.1) is 17.0 Å². The highest BCUT2D eigenvalue weighted by Crippen LogP contribution is 2.31. The first-order valence-corrected chi connectivity index (χ1v) is 7.13. The van der Waals surface area contributed by atoms with Gasteiger partial charge < -0.3 is 14.7 Å². The number of nitrogen functional groups attached to an aromatic ring is 1. The fourth-order valence-electron chi connectivity index (χ4n) is 1.59. The standard InChI is InChI=1S/C13H10ClN3O2S/c14-9-4-3-8(15)6-11(9)20-7-12-16-13(17-19-12)10-2-1-5-18-10/h1-6H,7,15H2. The highest BCUT2D eigenvalue weighted by Gasteiger charge is 2.11. The van der Waals surface area contributed by atoms with Gasteiger partial charge >= 0.3 is 0 Å². The van der Waals surface area contributed by atoms with Gasteiger partial charge in [0.25, 0.3) is 0 Å². The molecule has 1 aromatic carbocycles. The molecule has 0 amide bonds. The quantitative estimate of drug-likeness (QED) is 0.582. The Kier molecular flexibility index (Phi) is 3.66. The second-order valence-electron chi connectivity index (χ2n) is 3.97. The van der Waals surface area contributed by atoms with E-state index in [4.69, 9.17) is 26.3 Å². The minimum Gasteiger partial charge on any atom is -0.461 e. The Hall–Kier alpha value is -1.92. The van der Waals surface area contributed by atoms with Gasteiger partial charge in [-0.25, -0.2) is 0 Å². The molecule has 5 nitrogen and oxygen atoms in total. The number of halogens is 1. The summed E-state index contributed by atoms with van der Waals surface area (Å²) in [6.07, 6.45) is 1.56. The molecule has 0 aliphatic heterocycles. The van der Waals surface area contributed by atoms with Crippen molar-refractivity contribution in [2.45, 2.75) is 10.6 Å². The van der Waals surface area contributed by atoms with Crippen LogP contribution in [0.25, 0.3) is 11.6 Å². The molecular formula is C13H10ClN3O2S. The predicted octanol–water partition coefficient (Wildman–Crippen LogP) is 3.86. The number of rotatable bonds is 4. The smallest absolute Gasteiger partial charge is 0.238 e. The van der Waals surface area contributed by atoms with Gasteiger partial charge in [-0.2, -0.15) is 4.98 Å². The van der Waals surface area contributed by atoms with Crippen molar-refractivity contribution in [1.82, 2.24) is 10.1 Å². The number of anilines is 1. The van der Waals surface area contributed by atoms with E-state index in [9.17, 15) is 0 Å². The number of hydrogen-bond acceptors (Lipinski definition) is 6. The van der Waals surface area contributed by atoms with E-state index in [1.807, 2.05) is 6.07 Å². The van der Waals surface area contributed by atoms with Gasteiger partial charge in [-0.15, -0.1) is 11.8 Å². The second kappa shape index (κ2) is 5.60. The van der Waals surface area contributed by atoms with Crippen LogP contribution in [0.3, 0.4) is 0 Å². The Morgan fingerprint density at radius 3 is 3.00 bits per heavy atom. The lowest BCUT2D eigenvalue weighted by atomic mass is 10.3. The van der Waals surface area contributed by atoms with Gasteiger partial charge in [-0.05, 0) is 30.3 Å². The molecule has 3 rings (SSSR count). The summed E-state index contributed by atoms with van der Waals surface area (Å²) in [6, 6.07) is 8.88. The monoisotopic (exact) mass is 307 g/mol. The van der Waals surface area contributed by atoms with Gasteiger partial charge in [0.15, 0.2) is 5.76 Å². The van der Waals surface area contributed by atoms with Crippen LogP contribution in [0, 0.1) is 0 Å². The van der Waals surface area contributed by atoms with Crippen LogP contribution < -0.4 is 5.73 Å². The number of thioether (sulfide) groups is 1. The molecule has 2 N–H and O–H groups in total. The Morgan fingerprint density at radius 2 is 2.20 bits per heavy atom.